The fraction of sp³-hybridized carbons (Fsp3) is 0.323. The molecule has 0 spiro atoms. The molecule has 41 heavy (non-hydrogen) atoms. The highest BCUT2D eigenvalue weighted by Crippen LogP contribution is 2.40. The molecule has 5 nitrogen and oxygen atoms in total. The monoisotopic (exact) mass is 617 g/mol. The van der Waals surface area contributed by atoms with E-state index >= 15 is 0 Å². The molecule has 5 rings (SSSR count). The number of benzene rings is 3. The molecule has 216 valence electrons. The van der Waals surface area contributed by atoms with Gasteiger partial charge in [0.05, 0.1) is 32.9 Å². The lowest BCUT2D eigenvalue weighted by Crippen LogP contribution is -2.40. The van der Waals surface area contributed by atoms with E-state index in [1.165, 1.54) is 0 Å². The quantitative estimate of drug-likeness (QED) is 0.200. The fourth-order valence-electron chi connectivity index (χ4n) is 5.41. The molecule has 3 aromatic carbocycles. The maximum absolute atomic E-state index is 14.6. The van der Waals surface area contributed by atoms with E-state index < -0.39 is 21.5 Å². The van der Waals surface area contributed by atoms with E-state index in [4.69, 9.17) is 16.3 Å². The van der Waals surface area contributed by atoms with Crippen LogP contribution in [0, 0.1) is 11.6 Å². The normalized spacial score (nSPS) is 14.4. The Morgan fingerprint density at radius 3 is 2.29 bits per heavy atom. The summed E-state index contributed by atoms with van der Waals surface area (Å²) in [5.74, 6) is -1.05. The van der Waals surface area contributed by atoms with Crippen LogP contribution in [0.3, 0.4) is 0 Å². The van der Waals surface area contributed by atoms with E-state index in [1.807, 2.05) is 18.2 Å². The number of fused-ring (bicyclic) bond motifs is 1. The summed E-state index contributed by atoms with van der Waals surface area (Å²) in [7, 11) is -1.76. The zero-order valence-corrected chi connectivity index (χ0v) is 25.1. The minimum atomic E-state index is -3.32. The van der Waals surface area contributed by atoms with Gasteiger partial charge in [-0.25, -0.2) is 17.2 Å². The van der Waals surface area contributed by atoms with Gasteiger partial charge in [0.25, 0.3) is 5.91 Å². The van der Waals surface area contributed by atoms with Crippen LogP contribution in [-0.4, -0.2) is 38.1 Å². The van der Waals surface area contributed by atoms with Gasteiger partial charge in [0.15, 0.2) is 9.84 Å². The number of nitrogens with zero attached hydrogens (tertiary/aromatic N) is 1. The Bertz CT molecular complexity index is 1700. The Kier molecular flexibility index (Phi) is 8.68. The van der Waals surface area contributed by atoms with Gasteiger partial charge in [-0.05, 0) is 60.4 Å². The van der Waals surface area contributed by atoms with Crippen molar-refractivity contribution in [2.24, 2.45) is 0 Å². The number of carbonyl (C=O) groups is 1. The summed E-state index contributed by atoms with van der Waals surface area (Å²) in [6, 6.07) is 14.3. The van der Waals surface area contributed by atoms with Crippen LogP contribution in [0.1, 0.15) is 54.3 Å². The number of hydrogen-bond donors (Lipinski definition) is 0. The molecule has 0 radical (unpaired) electrons. The molecule has 0 aliphatic heterocycles. The number of thiophene rings is 1. The smallest absolute Gasteiger partial charge is 0.266 e. The predicted molar refractivity (Wildman–Crippen MR) is 160 cm³/mol. The zero-order chi connectivity index (χ0) is 29.3. The second kappa shape index (κ2) is 12.1. The number of hydrogen-bond acceptors (Lipinski definition) is 5. The summed E-state index contributed by atoms with van der Waals surface area (Å²) in [5, 5.41) is -0.146. The third kappa shape index (κ3) is 5.85. The molecule has 10 heteroatoms. The summed E-state index contributed by atoms with van der Waals surface area (Å²) in [6.45, 7) is 1.82. The first-order valence-electron chi connectivity index (χ1n) is 13.5. The van der Waals surface area contributed by atoms with Gasteiger partial charge in [0, 0.05) is 18.2 Å². The molecule has 1 aliphatic rings. The molecule has 0 saturated heterocycles. The first kappa shape index (κ1) is 29.5. The third-order valence-corrected chi connectivity index (χ3v) is 11.1. The molecule has 4 aromatic rings. The van der Waals surface area contributed by atoms with Gasteiger partial charge in [-0.15, -0.1) is 11.3 Å². The summed E-state index contributed by atoms with van der Waals surface area (Å²) < 4.78 is 59.3. The minimum Gasteiger partial charge on any atom is -0.496 e. The largest absolute Gasteiger partial charge is 0.496 e. The van der Waals surface area contributed by atoms with Crippen LogP contribution in [0.2, 0.25) is 5.02 Å². The van der Waals surface area contributed by atoms with Crippen molar-refractivity contribution < 1.29 is 26.7 Å². The first-order valence-corrected chi connectivity index (χ1v) is 16.4. The number of sulfone groups is 1. The van der Waals surface area contributed by atoms with Crippen LogP contribution in [-0.2, 0) is 16.4 Å². The van der Waals surface area contributed by atoms with Crippen molar-refractivity contribution in [1.29, 1.82) is 0 Å². The predicted octanol–water partition coefficient (Wildman–Crippen LogP) is 8.28. The molecule has 1 saturated carbocycles. The maximum Gasteiger partial charge on any atom is 0.266 e. The van der Waals surface area contributed by atoms with E-state index in [2.05, 4.69) is 0 Å². The van der Waals surface area contributed by atoms with Crippen LogP contribution in [0.5, 0.6) is 5.75 Å². The van der Waals surface area contributed by atoms with Crippen LogP contribution in [0.25, 0.3) is 21.2 Å². The van der Waals surface area contributed by atoms with Gasteiger partial charge in [0.2, 0.25) is 0 Å². The molecule has 1 fully saturated rings. The Morgan fingerprint density at radius 2 is 1.66 bits per heavy atom. The van der Waals surface area contributed by atoms with Crippen LogP contribution in [0.4, 0.5) is 8.78 Å². The summed E-state index contributed by atoms with van der Waals surface area (Å²) in [6.07, 6.45) is 4.66. The maximum atomic E-state index is 14.6. The SMILES string of the molecule is CCS(=O)(=O)c1ccc(-c2ccc(OC)c(CN(C(=O)c3sc4c(F)ccc(F)c4c3Cl)C3CCCCC3)c2)cc1. The van der Waals surface area contributed by atoms with Crippen molar-refractivity contribution in [2.45, 2.75) is 56.5 Å². The van der Waals surface area contributed by atoms with Crippen molar-refractivity contribution in [1.82, 2.24) is 4.90 Å². The Balaban J connectivity index is 1.54. The summed E-state index contributed by atoms with van der Waals surface area (Å²) in [4.78, 5) is 16.2. The van der Waals surface area contributed by atoms with E-state index in [-0.39, 0.29) is 49.1 Å². The highest BCUT2D eigenvalue weighted by molar-refractivity contribution is 7.91. The molecule has 1 aliphatic carbocycles. The molecule has 0 bridgehead atoms. The number of carbonyl (C=O) groups excluding carboxylic acids is 1. The van der Waals surface area contributed by atoms with E-state index in [0.29, 0.717) is 5.75 Å². The van der Waals surface area contributed by atoms with E-state index in [9.17, 15) is 22.0 Å². The van der Waals surface area contributed by atoms with Crippen molar-refractivity contribution in [2.75, 3.05) is 12.9 Å². The first-order chi connectivity index (χ1) is 19.6. The molecule has 1 heterocycles. The number of ether oxygens (including phenoxy) is 1. The van der Waals surface area contributed by atoms with Crippen molar-refractivity contribution in [3.8, 4) is 16.9 Å². The number of amides is 1. The van der Waals surface area contributed by atoms with Crippen LogP contribution in [0.15, 0.2) is 59.5 Å². The van der Waals surface area contributed by atoms with Gasteiger partial charge in [-0.3, -0.25) is 4.79 Å². The average molecular weight is 618 g/mol. The van der Waals surface area contributed by atoms with Gasteiger partial charge in [0.1, 0.15) is 22.3 Å². The third-order valence-electron chi connectivity index (χ3n) is 7.70. The second-order valence-electron chi connectivity index (χ2n) is 10.2. The zero-order valence-electron chi connectivity index (χ0n) is 22.8. The lowest BCUT2D eigenvalue weighted by Gasteiger charge is -2.34. The van der Waals surface area contributed by atoms with Gasteiger partial charge >= 0.3 is 0 Å². The standard InChI is InChI=1S/C31H30ClF2NO4S2/c1-3-41(37,38)23-12-9-19(10-13-23)20-11-16-26(39-2)21(17-20)18-35(22-7-5-4-6-8-22)31(36)30-28(32)27-24(33)14-15-25(34)29(27)40-30/h9-17,22H,3-8,18H2,1-2H3. The molecule has 0 unspecified atom stereocenters. The Morgan fingerprint density at radius 1 is 1.00 bits per heavy atom. The molecular formula is C31H30ClF2NO4S2. The van der Waals surface area contributed by atoms with Crippen LogP contribution >= 0.6 is 22.9 Å². The van der Waals surface area contributed by atoms with Crippen LogP contribution < -0.4 is 4.74 Å². The topological polar surface area (TPSA) is 63.7 Å². The Labute approximate surface area is 247 Å². The Hall–Kier alpha value is -3.01. The summed E-state index contributed by atoms with van der Waals surface area (Å²) >= 11 is 7.40. The average Bonchev–Trinajstić information content (AvgIpc) is 3.36. The van der Waals surface area contributed by atoms with E-state index in [0.717, 1.165) is 72.3 Å². The van der Waals surface area contributed by atoms with Crippen molar-refractivity contribution in [3.05, 3.63) is 81.7 Å². The molecule has 0 N–H and O–H groups in total. The lowest BCUT2D eigenvalue weighted by molar-refractivity contribution is 0.0618. The number of halogens is 3. The number of methoxy groups -OCH3 is 1. The molecule has 1 amide bonds. The molecular weight excluding hydrogens is 588 g/mol. The summed E-state index contributed by atoms with van der Waals surface area (Å²) in [5.41, 5.74) is 2.41. The highest BCUT2D eigenvalue weighted by Gasteiger charge is 2.31. The van der Waals surface area contributed by atoms with E-state index in [1.54, 1.807) is 43.2 Å². The molecule has 0 atom stereocenters. The lowest BCUT2D eigenvalue weighted by atomic mass is 9.93. The van der Waals surface area contributed by atoms with Crippen molar-refractivity contribution >= 4 is 48.8 Å². The van der Waals surface area contributed by atoms with Gasteiger partial charge in [-0.1, -0.05) is 56.0 Å². The minimum absolute atomic E-state index is 0.0210. The second-order valence-corrected chi connectivity index (χ2v) is 13.8. The van der Waals surface area contributed by atoms with Gasteiger partial charge in [-0.2, -0.15) is 0 Å². The highest BCUT2D eigenvalue weighted by atomic mass is 35.5. The van der Waals surface area contributed by atoms with Gasteiger partial charge < -0.3 is 9.64 Å². The number of rotatable bonds is 8. The van der Waals surface area contributed by atoms with Crippen molar-refractivity contribution in [3.63, 3.8) is 0 Å². The molecule has 1 aromatic heterocycles. The fourth-order valence-corrected chi connectivity index (χ4v) is 7.80.